The summed E-state index contributed by atoms with van der Waals surface area (Å²) in [6.45, 7) is 4.55. The Balaban J connectivity index is 1.48. The van der Waals surface area contributed by atoms with E-state index in [0.29, 0.717) is 28.2 Å². The van der Waals surface area contributed by atoms with Crippen LogP contribution in [0.5, 0.6) is 11.5 Å². The lowest BCUT2D eigenvalue weighted by molar-refractivity contribution is -0.384. The summed E-state index contributed by atoms with van der Waals surface area (Å²) < 4.78 is 11.6. The second-order valence-electron chi connectivity index (χ2n) is 7.67. The van der Waals surface area contributed by atoms with Crippen LogP contribution in [0.15, 0.2) is 76.6 Å². The third-order valence-electron chi connectivity index (χ3n) is 5.02. The summed E-state index contributed by atoms with van der Waals surface area (Å²) in [6, 6.07) is 19.4. The number of rotatable bonds is 8. The van der Waals surface area contributed by atoms with Crippen LogP contribution in [0.25, 0.3) is 6.08 Å². The average molecular weight is 490 g/mol. The van der Waals surface area contributed by atoms with E-state index in [2.05, 4.69) is 10.3 Å². The molecule has 0 aliphatic carbocycles. The van der Waals surface area contributed by atoms with Gasteiger partial charge in [0.15, 0.2) is 16.7 Å². The van der Waals surface area contributed by atoms with Gasteiger partial charge in [0.2, 0.25) is 0 Å². The molecule has 1 heterocycles. The molecule has 0 aromatic heterocycles. The number of amides is 1. The van der Waals surface area contributed by atoms with Crippen molar-refractivity contribution in [2.45, 2.75) is 20.5 Å². The number of benzene rings is 3. The molecule has 1 N–H and O–H groups in total. The van der Waals surface area contributed by atoms with Crippen LogP contribution in [0.1, 0.15) is 23.6 Å². The number of aliphatic imine (C=N–C) groups is 1. The van der Waals surface area contributed by atoms with Gasteiger partial charge in [-0.3, -0.25) is 14.9 Å². The van der Waals surface area contributed by atoms with Gasteiger partial charge in [0.1, 0.15) is 6.61 Å². The van der Waals surface area contributed by atoms with E-state index in [1.165, 1.54) is 23.9 Å². The average Bonchev–Trinajstić information content (AvgIpc) is 3.18. The molecule has 0 unspecified atom stereocenters. The highest BCUT2D eigenvalue weighted by molar-refractivity contribution is 8.18. The number of hydrogen-bond acceptors (Lipinski definition) is 7. The van der Waals surface area contributed by atoms with Crippen LogP contribution < -0.4 is 14.8 Å². The molecule has 178 valence electrons. The molecule has 3 aromatic rings. The fourth-order valence-corrected chi connectivity index (χ4v) is 4.09. The van der Waals surface area contributed by atoms with Gasteiger partial charge < -0.3 is 14.8 Å². The number of non-ortho nitro benzene ring substituents is 1. The summed E-state index contributed by atoms with van der Waals surface area (Å²) in [5, 5.41) is 14.1. The van der Waals surface area contributed by atoms with E-state index in [9.17, 15) is 14.9 Å². The first kappa shape index (κ1) is 24.0. The van der Waals surface area contributed by atoms with Crippen molar-refractivity contribution in [2.75, 3.05) is 6.61 Å². The number of carbonyl (C=O) groups is 1. The lowest BCUT2D eigenvalue weighted by Crippen LogP contribution is -2.19. The van der Waals surface area contributed by atoms with Gasteiger partial charge in [-0.2, -0.15) is 0 Å². The Hall–Kier alpha value is -4.11. The molecule has 1 saturated heterocycles. The van der Waals surface area contributed by atoms with Crippen LogP contribution in [-0.4, -0.2) is 22.6 Å². The first-order chi connectivity index (χ1) is 16.9. The van der Waals surface area contributed by atoms with Gasteiger partial charge >= 0.3 is 0 Å². The summed E-state index contributed by atoms with van der Waals surface area (Å²) in [5.74, 6) is 0.871. The smallest absolute Gasteiger partial charge is 0.269 e. The van der Waals surface area contributed by atoms with Crippen LogP contribution in [0, 0.1) is 17.0 Å². The van der Waals surface area contributed by atoms with Crippen LogP contribution in [0.2, 0.25) is 0 Å². The van der Waals surface area contributed by atoms with Crippen molar-refractivity contribution in [1.29, 1.82) is 0 Å². The fourth-order valence-electron chi connectivity index (χ4n) is 3.25. The van der Waals surface area contributed by atoms with Crippen molar-refractivity contribution in [3.63, 3.8) is 0 Å². The molecule has 4 rings (SSSR count). The van der Waals surface area contributed by atoms with Gasteiger partial charge in [-0.15, -0.1) is 0 Å². The number of ether oxygens (including phenoxy) is 2. The number of carbonyl (C=O) groups excluding carboxylic acids is 1. The zero-order valence-corrected chi connectivity index (χ0v) is 20.0. The van der Waals surface area contributed by atoms with Crippen molar-refractivity contribution >= 4 is 40.3 Å². The minimum absolute atomic E-state index is 0.0297. The Morgan fingerprint density at radius 2 is 1.77 bits per heavy atom. The van der Waals surface area contributed by atoms with Crippen LogP contribution in [0.3, 0.4) is 0 Å². The standard InChI is InChI=1S/C26H23N3O5S/c1-3-33-23-14-19(8-13-22(23)34-16-18-6-11-21(12-7-18)29(31)32)15-24-25(30)28-26(35-24)27-20-9-4-17(2)5-10-20/h4-15H,3,16H2,1-2H3,(H,27,28,30)/b24-15-. The van der Waals surface area contributed by atoms with Gasteiger partial charge in [-0.05, 0) is 79.2 Å². The van der Waals surface area contributed by atoms with Crippen molar-refractivity contribution in [3.05, 3.63) is 98.4 Å². The molecule has 0 bridgehead atoms. The maximum Gasteiger partial charge on any atom is 0.269 e. The molecule has 0 atom stereocenters. The summed E-state index contributed by atoms with van der Waals surface area (Å²) >= 11 is 1.28. The molecular formula is C26H23N3O5S. The van der Waals surface area contributed by atoms with E-state index in [4.69, 9.17) is 9.47 Å². The van der Waals surface area contributed by atoms with Gasteiger partial charge in [0, 0.05) is 12.1 Å². The lowest BCUT2D eigenvalue weighted by Gasteiger charge is -2.13. The Bertz CT molecular complexity index is 1300. The predicted octanol–water partition coefficient (Wildman–Crippen LogP) is 5.77. The lowest BCUT2D eigenvalue weighted by atomic mass is 10.1. The van der Waals surface area contributed by atoms with Crippen LogP contribution in [-0.2, 0) is 11.4 Å². The first-order valence-corrected chi connectivity index (χ1v) is 11.7. The molecule has 1 fully saturated rings. The Kier molecular flexibility index (Phi) is 7.47. The summed E-state index contributed by atoms with van der Waals surface area (Å²) in [6.07, 6.45) is 1.78. The third-order valence-corrected chi connectivity index (χ3v) is 5.93. The number of hydrogen-bond donors (Lipinski definition) is 1. The molecular weight excluding hydrogens is 466 g/mol. The normalized spacial score (nSPS) is 15.3. The predicted molar refractivity (Wildman–Crippen MR) is 137 cm³/mol. The Labute approximate surface area is 206 Å². The monoisotopic (exact) mass is 489 g/mol. The second kappa shape index (κ2) is 10.9. The maximum atomic E-state index is 12.5. The fraction of sp³-hybridized carbons (Fsp3) is 0.154. The minimum Gasteiger partial charge on any atom is -0.490 e. The number of nitro groups is 1. The molecule has 9 heteroatoms. The van der Waals surface area contributed by atoms with Crippen LogP contribution in [0.4, 0.5) is 11.4 Å². The van der Waals surface area contributed by atoms with Gasteiger partial charge in [0.05, 0.1) is 22.1 Å². The van der Waals surface area contributed by atoms with E-state index in [1.807, 2.05) is 50.2 Å². The summed E-state index contributed by atoms with van der Waals surface area (Å²) in [5.41, 5.74) is 3.52. The number of nitro benzene ring substituents is 1. The van der Waals surface area contributed by atoms with Gasteiger partial charge in [-0.25, -0.2) is 4.99 Å². The van der Waals surface area contributed by atoms with Crippen molar-refractivity contribution in [3.8, 4) is 11.5 Å². The van der Waals surface area contributed by atoms with Crippen molar-refractivity contribution in [1.82, 2.24) is 5.32 Å². The van der Waals surface area contributed by atoms with E-state index < -0.39 is 4.92 Å². The Morgan fingerprint density at radius 1 is 1.03 bits per heavy atom. The zero-order valence-electron chi connectivity index (χ0n) is 19.2. The highest BCUT2D eigenvalue weighted by atomic mass is 32.2. The number of nitrogens with one attached hydrogen (secondary N) is 1. The molecule has 0 saturated carbocycles. The zero-order chi connectivity index (χ0) is 24.8. The largest absolute Gasteiger partial charge is 0.490 e. The topological polar surface area (TPSA) is 103 Å². The van der Waals surface area contributed by atoms with Crippen LogP contribution >= 0.6 is 11.8 Å². The SMILES string of the molecule is CCOc1cc(/C=C2\SC(=Nc3ccc(C)cc3)NC2=O)ccc1OCc1ccc([N+](=O)[O-])cc1. The highest BCUT2D eigenvalue weighted by Crippen LogP contribution is 2.33. The van der Waals surface area contributed by atoms with Gasteiger partial charge in [-0.1, -0.05) is 23.8 Å². The summed E-state index contributed by atoms with van der Waals surface area (Å²) in [7, 11) is 0. The number of nitrogens with zero attached hydrogens (tertiary/aromatic N) is 2. The molecule has 0 spiro atoms. The van der Waals surface area contributed by atoms with E-state index >= 15 is 0 Å². The van der Waals surface area contributed by atoms with Gasteiger partial charge in [0.25, 0.3) is 11.6 Å². The van der Waals surface area contributed by atoms with Crippen molar-refractivity contribution < 1.29 is 19.2 Å². The number of thioether (sulfide) groups is 1. The molecule has 1 aliphatic heterocycles. The van der Waals surface area contributed by atoms with E-state index in [1.54, 1.807) is 24.3 Å². The molecule has 0 radical (unpaired) electrons. The minimum atomic E-state index is -0.439. The molecule has 8 nitrogen and oxygen atoms in total. The maximum absolute atomic E-state index is 12.5. The van der Waals surface area contributed by atoms with E-state index in [-0.39, 0.29) is 18.2 Å². The third kappa shape index (κ3) is 6.27. The first-order valence-electron chi connectivity index (χ1n) is 10.9. The number of aryl methyl sites for hydroxylation is 1. The molecule has 35 heavy (non-hydrogen) atoms. The molecule has 3 aromatic carbocycles. The molecule has 1 amide bonds. The molecule has 1 aliphatic rings. The second-order valence-corrected chi connectivity index (χ2v) is 8.70. The number of amidine groups is 1. The van der Waals surface area contributed by atoms with Crippen molar-refractivity contribution in [2.24, 2.45) is 4.99 Å². The Morgan fingerprint density at radius 3 is 2.46 bits per heavy atom. The summed E-state index contributed by atoms with van der Waals surface area (Å²) in [4.78, 5) is 27.9. The van der Waals surface area contributed by atoms with E-state index in [0.717, 1.165) is 22.4 Å². The highest BCUT2D eigenvalue weighted by Gasteiger charge is 2.24. The quantitative estimate of drug-likeness (QED) is 0.245.